The van der Waals surface area contributed by atoms with Gasteiger partial charge in [0.1, 0.15) is 17.2 Å². The van der Waals surface area contributed by atoms with Crippen molar-refractivity contribution in [3.05, 3.63) is 53.3 Å². The summed E-state index contributed by atoms with van der Waals surface area (Å²) in [4.78, 5) is 18.5. The lowest BCUT2D eigenvalue weighted by atomic mass is 10.1. The smallest absolute Gasteiger partial charge is 0.417 e. The summed E-state index contributed by atoms with van der Waals surface area (Å²) in [5, 5.41) is 0. The predicted octanol–water partition coefficient (Wildman–Crippen LogP) is 4.17. The number of fused-ring (bicyclic) bond motifs is 1. The zero-order valence-electron chi connectivity index (χ0n) is 12.2. The molecule has 0 aliphatic rings. The maximum atomic E-state index is 13.5. The summed E-state index contributed by atoms with van der Waals surface area (Å²) in [6, 6.07) is 6.65. The maximum absolute atomic E-state index is 13.5. The lowest BCUT2D eigenvalue weighted by Crippen LogP contribution is -2.08. The highest BCUT2D eigenvalue weighted by atomic mass is 19.4. The fourth-order valence-electron chi connectivity index (χ4n) is 2.39. The number of methoxy groups -OCH3 is 1. The fourth-order valence-corrected chi connectivity index (χ4v) is 2.39. The number of ether oxygens (including phenoxy) is 1. The number of hydrogen-bond donors (Lipinski definition) is 1. The van der Waals surface area contributed by atoms with Gasteiger partial charge in [0.05, 0.1) is 23.8 Å². The molecule has 2 aromatic carbocycles. The van der Waals surface area contributed by atoms with Crippen LogP contribution >= 0.6 is 0 Å². The second kappa shape index (κ2) is 5.63. The summed E-state index contributed by atoms with van der Waals surface area (Å²) in [5.74, 6) is -1.69. The van der Waals surface area contributed by atoms with Crippen molar-refractivity contribution in [2.75, 3.05) is 7.11 Å². The van der Waals surface area contributed by atoms with E-state index in [-0.39, 0.29) is 16.9 Å². The molecule has 0 spiro atoms. The summed E-state index contributed by atoms with van der Waals surface area (Å²) >= 11 is 0. The fraction of sp³-hybridized carbons (Fsp3) is 0.125. The normalized spacial score (nSPS) is 11.7. The van der Waals surface area contributed by atoms with Crippen LogP contribution in [0.25, 0.3) is 22.4 Å². The Morgan fingerprint density at radius 2 is 1.96 bits per heavy atom. The SMILES string of the molecule is COC(=O)c1cccc2[nH]c(-c3cc(F)ccc3C(F)(F)F)nc12. The highest BCUT2D eigenvalue weighted by molar-refractivity contribution is 6.02. The van der Waals surface area contributed by atoms with Crippen LogP contribution in [0.15, 0.2) is 36.4 Å². The zero-order chi connectivity index (χ0) is 17.5. The quantitative estimate of drug-likeness (QED) is 0.563. The second-order valence-electron chi connectivity index (χ2n) is 4.97. The van der Waals surface area contributed by atoms with E-state index >= 15 is 0 Å². The Kier molecular flexibility index (Phi) is 3.75. The third kappa shape index (κ3) is 2.70. The highest BCUT2D eigenvalue weighted by Crippen LogP contribution is 2.37. The number of nitrogens with one attached hydrogen (secondary N) is 1. The first-order valence-electron chi connectivity index (χ1n) is 6.75. The van der Waals surface area contributed by atoms with E-state index in [9.17, 15) is 22.4 Å². The van der Waals surface area contributed by atoms with Crippen molar-refractivity contribution in [1.29, 1.82) is 0 Å². The van der Waals surface area contributed by atoms with Crippen LogP contribution in [0.1, 0.15) is 15.9 Å². The van der Waals surface area contributed by atoms with Gasteiger partial charge in [-0.2, -0.15) is 13.2 Å². The van der Waals surface area contributed by atoms with Gasteiger partial charge in [-0.1, -0.05) is 6.07 Å². The van der Waals surface area contributed by atoms with Crippen LogP contribution in [-0.2, 0) is 10.9 Å². The first-order chi connectivity index (χ1) is 11.3. The minimum absolute atomic E-state index is 0.0995. The van der Waals surface area contributed by atoms with Crippen molar-refractivity contribution in [2.24, 2.45) is 0 Å². The van der Waals surface area contributed by atoms with Gasteiger partial charge in [-0.25, -0.2) is 14.2 Å². The second-order valence-corrected chi connectivity index (χ2v) is 4.97. The number of H-pyrrole nitrogens is 1. The van der Waals surface area contributed by atoms with E-state index in [1.807, 2.05) is 0 Å². The third-order valence-electron chi connectivity index (χ3n) is 3.46. The number of carbonyl (C=O) groups excluding carboxylic acids is 1. The molecule has 8 heteroatoms. The number of alkyl halides is 3. The summed E-state index contributed by atoms with van der Waals surface area (Å²) in [6.45, 7) is 0. The number of esters is 1. The molecule has 0 atom stereocenters. The topological polar surface area (TPSA) is 55.0 Å². The van der Waals surface area contributed by atoms with Crippen molar-refractivity contribution >= 4 is 17.0 Å². The van der Waals surface area contributed by atoms with E-state index in [2.05, 4.69) is 14.7 Å². The molecular weight excluding hydrogens is 328 g/mol. The van der Waals surface area contributed by atoms with Crippen molar-refractivity contribution in [2.45, 2.75) is 6.18 Å². The Hall–Kier alpha value is -2.90. The van der Waals surface area contributed by atoms with Crippen LogP contribution in [-0.4, -0.2) is 23.0 Å². The molecular formula is C16H10F4N2O2. The van der Waals surface area contributed by atoms with E-state index in [4.69, 9.17) is 0 Å². The molecule has 24 heavy (non-hydrogen) atoms. The van der Waals surface area contributed by atoms with Crippen LogP contribution in [0.5, 0.6) is 0 Å². The molecule has 1 heterocycles. The van der Waals surface area contributed by atoms with Gasteiger partial charge in [-0.15, -0.1) is 0 Å². The van der Waals surface area contributed by atoms with Gasteiger partial charge in [0, 0.05) is 5.56 Å². The molecule has 0 aliphatic carbocycles. The number of nitrogens with zero attached hydrogens (tertiary/aromatic N) is 1. The Labute approximate surface area is 133 Å². The monoisotopic (exact) mass is 338 g/mol. The minimum atomic E-state index is -4.67. The number of rotatable bonds is 2. The van der Waals surface area contributed by atoms with E-state index in [0.29, 0.717) is 11.6 Å². The molecule has 0 saturated carbocycles. The van der Waals surface area contributed by atoms with Gasteiger partial charge in [-0.05, 0) is 30.3 Å². The van der Waals surface area contributed by atoms with E-state index in [1.165, 1.54) is 19.2 Å². The first-order valence-corrected chi connectivity index (χ1v) is 6.75. The summed E-state index contributed by atoms with van der Waals surface area (Å²) in [5.41, 5.74) is -0.874. The van der Waals surface area contributed by atoms with E-state index in [1.54, 1.807) is 6.07 Å². The van der Waals surface area contributed by atoms with Gasteiger partial charge in [0.2, 0.25) is 0 Å². The predicted molar refractivity (Wildman–Crippen MR) is 77.8 cm³/mol. The molecule has 4 nitrogen and oxygen atoms in total. The summed E-state index contributed by atoms with van der Waals surface area (Å²) in [7, 11) is 1.18. The molecule has 0 amide bonds. The molecule has 3 rings (SSSR count). The Balaban J connectivity index is 2.25. The molecule has 0 unspecified atom stereocenters. The molecule has 1 aromatic heterocycles. The first kappa shape index (κ1) is 16.0. The van der Waals surface area contributed by atoms with Gasteiger partial charge >= 0.3 is 12.1 Å². The molecule has 0 aliphatic heterocycles. The van der Waals surface area contributed by atoms with E-state index in [0.717, 1.165) is 12.1 Å². The minimum Gasteiger partial charge on any atom is -0.465 e. The largest absolute Gasteiger partial charge is 0.465 e. The van der Waals surface area contributed by atoms with Crippen LogP contribution in [0.3, 0.4) is 0 Å². The van der Waals surface area contributed by atoms with Gasteiger partial charge in [-0.3, -0.25) is 0 Å². The number of benzene rings is 2. The van der Waals surface area contributed by atoms with E-state index < -0.39 is 29.1 Å². The Morgan fingerprint density at radius 3 is 2.62 bits per heavy atom. The number of para-hydroxylation sites is 1. The average molecular weight is 338 g/mol. The van der Waals surface area contributed by atoms with Crippen molar-refractivity contribution in [3.8, 4) is 11.4 Å². The lowest BCUT2D eigenvalue weighted by molar-refractivity contribution is -0.137. The Bertz CT molecular complexity index is 931. The number of aromatic amines is 1. The van der Waals surface area contributed by atoms with Crippen LogP contribution in [0.4, 0.5) is 17.6 Å². The summed E-state index contributed by atoms with van der Waals surface area (Å²) < 4.78 is 57.5. The number of carbonyl (C=O) groups is 1. The van der Waals surface area contributed by atoms with Gasteiger partial charge < -0.3 is 9.72 Å². The number of hydrogen-bond acceptors (Lipinski definition) is 3. The van der Waals surface area contributed by atoms with Crippen molar-refractivity contribution in [3.63, 3.8) is 0 Å². The molecule has 0 fully saturated rings. The van der Waals surface area contributed by atoms with Crippen molar-refractivity contribution < 1.29 is 27.1 Å². The van der Waals surface area contributed by atoms with Crippen LogP contribution in [0.2, 0.25) is 0 Å². The number of aromatic nitrogens is 2. The molecule has 124 valence electrons. The van der Waals surface area contributed by atoms with Gasteiger partial charge in [0.25, 0.3) is 0 Å². The van der Waals surface area contributed by atoms with Crippen molar-refractivity contribution in [1.82, 2.24) is 9.97 Å². The maximum Gasteiger partial charge on any atom is 0.417 e. The lowest BCUT2D eigenvalue weighted by Gasteiger charge is -2.11. The standard InChI is InChI=1S/C16H10F4N2O2/c1-24-15(23)9-3-2-4-12-13(9)22-14(21-12)10-7-8(17)5-6-11(10)16(18,19)20/h2-7H,1H3,(H,21,22). The zero-order valence-corrected chi connectivity index (χ0v) is 12.2. The molecule has 0 saturated heterocycles. The molecule has 0 radical (unpaired) electrons. The third-order valence-corrected chi connectivity index (χ3v) is 3.46. The summed E-state index contributed by atoms with van der Waals surface area (Å²) in [6.07, 6.45) is -4.67. The average Bonchev–Trinajstić information content (AvgIpc) is 2.96. The molecule has 3 aromatic rings. The van der Waals surface area contributed by atoms with Gasteiger partial charge in [0.15, 0.2) is 0 Å². The number of halogens is 4. The van der Waals surface area contributed by atoms with Crippen LogP contribution in [0, 0.1) is 5.82 Å². The molecule has 1 N–H and O–H groups in total. The van der Waals surface area contributed by atoms with Crippen LogP contribution < -0.4 is 0 Å². The Morgan fingerprint density at radius 1 is 1.21 bits per heavy atom. The highest BCUT2D eigenvalue weighted by Gasteiger charge is 2.34. The number of imidazole rings is 1. The molecule has 0 bridgehead atoms.